The number of hydrogen-bond donors (Lipinski definition) is 2. The van der Waals surface area contributed by atoms with E-state index in [1.54, 1.807) is 0 Å². The van der Waals surface area contributed by atoms with E-state index < -0.39 is 0 Å². The van der Waals surface area contributed by atoms with Crippen molar-refractivity contribution in [1.82, 2.24) is 14.5 Å². The normalized spacial score (nSPS) is 17.3. The van der Waals surface area contributed by atoms with Gasteiger partial charge in [-0.2, -0.15) is 0 Å². The minimum absolute atomic E-state index is 0.0189. The average Bonchev–Trinajstić information content (AvgIpc) is 2.91. The van der Waals surface area contributed by atoms with Gasteiger partial charge in [0, 0.05) is 18.0 Å². The highest BCUT2D eigenvalue weighted by Crippen LogP contribution is 2.33. The Balaban J connectivity index is 1.91. The molecule has 24 heavy (non-hydrogen) atoms. The van der Waals surface area contributed by atoms with Gasteiger partial charge in [-0.3, -0.25) is 14.9 Å². The Bertz CT molecular complexity index is 948. The van der Waals surface area contributed by atoms with Gasteiger partial charge in [-0.15, -0.1) is 0 Å². The van der Waals surface area contributed by atoms with Crippen LogP contribution in [-0.2, 0) is 5.41 Å². The lowest BCUT2D eigenvalue weighted by Gasteiger charge is -2.25. The summed E-state index contributed by atoms with van der Waals surface area (Å²) in [4.78, 5) is 13.7. The fourth-order valence-corrected chi connectivity index (χ4v) is 2.95. The van der Waals surface area contributed by atoms with Gasteiger partial charge in [-0.1, -0.05) is 32.9 Å². The largest absolute Gasteiger partial charge is 0.370 e. The molecule has 1 atom stereocenters. The first kappa shape index (κ1) is 14.7. The van der Waals surface area contributed by atoms with Crippen LogP contribution in [0.15, 0.2) is 47.7 Å². The van der Waals surface area contributed by atoms with Crippen molar-refractivity contribution >= 4 is 22.9 Å². The summed E-state index contributed by atoms with van der Waals surface area (Å²) in [5.74, 6) is 1.07. The molecule has 0 bridgehead atoms. The summed E-state index contributed by atoms with van der Waals surface area (Å²) in [6.07, 6.45) is 3.48. The molecule has 3 aromatic rings. The number of guanidine groups is 1. The highest BCUT2D eigenvalue weighted by molar-refractivity contribution is 5.94. The van der Waals surface area contributed by atoms with Crippen molar-refractivity contribution in [2.75, 3.05) is 5.32 Å². The number of para-hydroxylation sites is 2. The molecule has 122 valence electrons. The lowest BCUT2D eigenvalue weighted by molar-refractivity contribution is 0.577. The summed E-state index contributed by atoms with van der Waals surface area (Å²) in [5.41, 5.74) is 10.1. The monoisotopic (exact) mass is 320 g/mol. The highest BCUT2D eigenvalue weighted by Gasteiger charge is 2.26. The first-order valence-electron chi connectivity index (χ1n) is 7.96. The molecule has 0 saturated carbocycles. The van der Waals surface area contributed by atoms with Gasteiger partial charge in [-0.05, 0) is 29.2 Å². The number of aromatic nitrogens is 3. The Labute approximate surface area is 140 Å². The van der Waals surface area contributed by atoms with E-state index in [-0.39, 0.29) is 11.6 Å². The van der Waals surface area contributed by atoms with Crippen molar-refractivity contribution in [3.8, 4) is 0 Å². The second-order valence-electron chi connectivity index (χ2n) is 7.06. The molecule has 1 aliphatic rings. The maximum Gasteiger partial charge on any atom is 0.212 e. The summed E-state index contributed by atoms with van der Waals surface area (Å²) < 4.78 is 2.06. The second kappa shape index (κ2) is 5.06. The number of rotatable bonds is 1. The third kappa shape index (κ3) is 2.31. The molecule has 0 radical (unpaired) electrons. The summed E-state index contributed by atoms with van der Waals surface area (Å²) in [6, 6.07) is 10.2. The minimum atomic E-state index is -0.275. The molecule has 3 N–H and O–H groups in total. The summed E-state index contributed by atoms with van der Waals surface area (Å²) in [7, 11) is 0. The zero-order valence-electron chi connectivity index (χ0n) is 14.0. The number of nitrogens with zero attached hydrogens (tertiary/aromatic N) is 4. The fraction of sp³-hybridized carbons (Fsp3) is 0.278. The number of hydrogen-bond acceptors (Lipinski definition) is 5. The lowest BCUT2D eigenvalue weighted by Crippen LogP contribution is -2.31. The predicted molar refractivity (Wildman–Crippen MR) is 96.1 cm³/mol. The topological polar surface area (TPSA) is 81.1 Å². The maximum absolute atomic E-state index is 5.99. The fourth-order valence-electron chi connectivity index (χ4n) is 2.95. The molecule has 2 aromatic heterocycles. The van der Waals surface area contributed by atoms with E-state index in [1.165, 1.54) is 5.56 Å². The van der Waals surface area contributed by atoms with Crippen LogP contribution in [-0.4, -0.2) is 20.5 Å². The van der Waals surface area contributed by atoms with Gasteiger partial charge in [-0.25, -0.2) is 9.98 Å². The number of pyridine rings is 1. The summed E-state index contributed by atoms with van der Waals surface area (Å²) >= 11 is 0. The SMILES string of the molecule is CC(C)(C)c1cncc(C2N=C(N)Nc3nc4ccccc4n32)c1. The van der Waals surface area contributed by atoms with Crippen LogP contribution in [0.3, 0.4) is 0 Å². The number of imidazole rings is 1. The van der Waals surface area contributed by atoms with Crippen LogP contribution in [0.25, 0.3) is 11.0 Å². The number of fused-ring (bicyclic) bond motifs is 3. The zero-order valence-corrected chi connectivity index (χ0v) is 14.0. The molecule has 0 aliphatic carbocycles. The quantitative estimate of drug-likeness (QED) is 0.722. The van der Waals surface area contributed by atoms with Crippen LogP contribution in [0.1, 0.15) is 38.1 Å². The highest BCUT2D eigenvalue weighted by atomic mass is 15.4. The molecular formula is C18H20N6. The van der Waals surface area contributed by atoms with Gasteiger partial charge in [0.15, 0.2) is 12.1 Å². The van der Waals surface area contributed by atoms with Crippen LogP contribution in [0, 0.1) is 0 Å². The molecule has 6 heteroatoms. The van der Waals surface area contributed by atoms with Gasteiger partial charge in [0.05, 0.1) is 11.0 Å². The van der Waals surface area contributed by atoms with E-state index >= 15 is 0 Å². The summed E-state index contributed by atoms with van der Waals surface area (Å²) in [5, 5.41) is 3.05. The summed E-state index contributed by atoms with van der Waals surface area (Å²) in [6.45, 7) is 6.52. The number of anilines is 1. The zero-order chi connectivity index (χ0) is 16.9. The number of benzene rings is 1. The molecule has 1 unspecified atom stereocenters. The van der Waals surface area contributed by atoms with Crippen LogP contribution < -0.4 is 11.1 Å². The third-order valence-corrected chi connectivity index (χ3v) is 4.27. The number of nitrogens with one attached hydrogen (secondary N) is 1. The van der Waals surface area contributed by atoms with Crippen molar-refractivity contribution in [1.29, 1.82) is 0 Å². The number of aliphatic imine (C=N–C) groups is 1. The molecule has 0 saturated heterocycles. The molecule has 6 nitrogen and oxygen atoms in total. The van der Waals surface area contributed by atoms with E-state index in [0.29, 0.717) is 11.9 Å². The Hall–Kier alpha value is -2.89. The Kier molecular flexibility index (Phi) is 3.09. The van der Waals surface area contributed by atoms with Crippen molar-refractivity contribution in [2.45, 2.75) is 32.4 Å². The van der Waals surface area contributed by atoms with Gasteiger partial charge in [0.25, 0.3) is 0 Å². The molecule has 0 spiro atoms. The molecule has 0 amide bonds. The Morgan fingerprint density at radius 1 is 1.17 bits per heavy atom. The molecular weight excluding hydrogens is 300 g/mol. The molecule has 1 aliphatic heterocycles. The van der Waals surface area contributed by atoms with Gasteiger partial charge in [0.2, 0.25) is 5.95 Å². The van der Waals surface area contributed by atoms with E-state index in [2.05, 4.69) is 51.7 Å². The van der Waals surface area contributed by atoms with Crippen LogP contribution in [0.2, 0.25) is 0 Å². The number of nitrogens with two attached hydrogens (primary N) is 1. The van der Waals surface area contributed by atoms with E-state index in [4.69, 9.17) is 5.73 Å². The van der Waals surface area contributed by atoms with Gasteiger partial charge < -0.3 is 5.73 Å². The standard InChI is InChI=1S/C18H20N6/c1-18(2,3)12-8-11(9-20-10-12)15-22-16(19)23-17-21-13-6-4-5-7-14(13)24(15)17/h4-10,15H,1-3H3,(H3,19,21,22,23). The molecule has 4 rings (SSSR count). The van der Waals surface area contributed by atoms with Crippen molar-refractivity contribution < 1.29 is 0 Å². The van der Waals surface area contributed by atoms with E-state index in [9.17, 15) is 0 Å². The smallest absolute Gasteiger partial charge is 0.212 e. The maximum atomic E-state index is 5.99. The molecule has 0 fully saturated rings. The van der Waals surface area contributed by atoms with Gasteiger partial charge >= 0.3 is 0 Å². The van der Waals surface area contributed by atoms with Crippen LogP contribution in [0.5, 0.6) is 0 Å². The van der Waals surface area contributed by atoms with E-state index in [1.807, 2.05) is 36.7 Å². The first-order chi connectivity index (χ1) is 11.4. The van der Waals surface area contributed by atoms with Crippen molar-refractivity contribution in [3.63, 3.8) is 0 Å². The average molecular weight is 320 g/mol. The third-order valence-electron chi connectivity index (χ3n) is 4.27. The van der Waals surface area contributed by atoms with E-state index in [0.717, 1.165) is 16.6 Å². The first-order valence-corrected chi connectivity index (χ1v) is 7.96. The Morgan fingerprint density at radius 2 is 1.96 bits per heavy atom. The molecule has 3 heterocycles. The van der Waals surface area contributed by atoms with Gasteiger partial charge in [0.1, 0.15) is 0 Å². The van der Waals surface area contributed by atoms with Crippen LogP contribution in [0.4, 0.5) is 5.95 Å². The minimum Gasteiger partial charge on any atom is -0.370 e. The van der Waals surface area contributed by atoms with Crippen molar-refractivity contribution in [3.05, 3.63) is 53.9 Å². The predicted octanol–water partition coefficient (Wildman–Crippen LogP) is 3.02. The lowest BCUT2D eigenvalue weighted by atomic mass is 9.87. The van der Waals surface area contributed by atoms with Crippen molar-refractivity contribution in [2.24, 2.45) is 10.7 Å². The molecule has 1 aromatic carbocycles. The second-order valence-corrected chi connectivity index (χ2v) is 7.06. The van der Waals surface area contributed by atoms with Crippen LogP contribution >= 0.6 is 0 Å². The Morgan fingerprint density at radius 3 is 2.75 bits per heavy atom.